The van der Waals surface area contributed by atoms with Gasteiger partial charge in [0.2, 0.25) is 0 Å². The first-order valence-electron chi connectivity index (χ1n) is 4.77. The molecule has 80 valence electrons. The molecule has 0 unspecified atom stereocenters. The van der Waals surface area contributed by atoms with E-state index in [1.807, 2.05) is 17.7 Å². The molecule has 0 aromatic carbocycles. The first-order valence-corrected chi connectivity index (χ1v) is 4.77. The van der Waals surface area contributed by atoms with Crippen LogP contribution < -0.4 is 5.32 Å². The Balaban J connectivity index is 2.44. The Morgan fingerprint density at radius 3 is 2.79 bits per heavy atom. The van der Waals surface area contributed by atoms with Gasteiger partial charge in [0.1, 0.15) is 5.82 Å². The highest BCUT2D eigenvalue weighted by molar-refractivity contribution is 4.92. The van der Waals surface area contributed by atoms with Crippen LogP contribution in [0, 0.1) is 0 Å². The number of hydrogen-bond acceptors (Lipinski definition) is 4. The van der Waals surface area contributed by atoms with Crippen LogP contribution in [0.15, 0.2) is 12.4 Å². The topological polar surface area (TPSA) is 70.3 Å². The van der Waals surface area contributed by atoms with Gasteiger partial charge in [0.15, 0.2) is 0 Å². The van der Waals surface area contributed by atoms with Crippen molar-refractivity contribution in [3.63, 3.8) is 0 Å². The normalized spacial score (nSPS) is 11.1. The van der Waals surface area contributed by atoms with Crippen molar-refractivity contribution in [1.29, 1.82) is 0 Å². The van der Waals surface area contributed by atoms with Crippen molar-refractivity contribution in [2.24, 2.45) is 0 Å². The molecule has 1 aromatic rings. The smallest absolute Gasteiger partial charge is 0.122 e. The van der Waals surface area contributed by atoms with Gasteiger partial charge in [0.05, 0.1) is 25.8 Å². The second-order valence-corrected chi connectivity index (χ2v) is 3.07. The van der Waals surface area contributed by atoms with E-state index < -0.39 is 0 Å². The number of nitrogens with one attached hydrogen (secondary N) is 1. The van der Waals surface area contributed by atoms with Gasteiger partial charge in [-0.05, 0) is 6.92 Å². The van der Waals surface area contributed by atoms with E-state index in [9.17, 15) is 0 Å². The zero-order chi connectivity index (χ0) is 10.4. The lowest BCUT2D eigenvalue weighted by Gasteiger charge is -2.13. The first kappa shape index (κ1) is 11.2. The molecule has 1 heterocycles. The molecule has 1 rings (SSSR count). The average molecular weight is 199 g/mol. The number of aryl methyl sites for hydroxylation is 1. The second kappa shape index (κ2) is 5.74. The van der Waals surface area contributed by atoms with E-state index in [2.05, 4.69) is 10.3 Å². The fraction of sp³-hybridized carbons (Fsp3) is 0.667. The van der Waals surface area contributed by atoms with E-state index >= 15 is 0 Å². The quantitative estimate of drug-likeness (QED) is 0.569. The van der Waals surface area contributed by atoms with E-state index in [0.717, 1.165) is 12.4 Å². The minimum Gasteiger partial charge on any atom is -0.395 e. The van der Waals surface area contributed by atoms with Crippen molar-refractivity contribution in [3.05, 3.63) is 18.2 Å². The number of nitrogens with zero attached hydrogens (tertiary/aromatic N) is 2. The van der Waals surface area contributed by atoms with Gasteiger partial charge in [-0.25, -0.2) is 4.98 Å². The number of hydrogen-bond donors (Lipinski definition) is 3. The van der Waals surface area contributed by atoms with E-state index in [-0.39, 0.29) is 19.3 Å². The van der Waals surface area contributed by atoms with Crippen molar-refractivity contribution in [3.8, 4) is 0 Å². The number of imidazole rings is 1. The van der Waals surface area contributed by atoms with Gasteiger partial charge >= 0.3 is 0 Å². The summed E-state index contributed by atoms with van der Waals surface area (Å²) in [6.07, 6.45) is 3.65. The van der Waals surface area contributed by atoms with Crippen LogP contribution >= 0.6 is 0 Å². The van der Waals surface area contributed by atoms with Crippen molar-refractivity contribution >= 4 is 0 Å². The zero-order valence-electron chi connectivity index (χ0n) is 8.35. The van der Waals surface area contributed by atoms with Crippen LogP contribution in [0.4, 0.5) is 0 Å². The summed E-state index contributed by atoms with van der Waals surface area (Å²) in [6, 6.07) is -0.267. The Morgan fingerprint density at radius 1 is 1.50 bits per heavy atom. The van der Waals surface area contributed by atoms with Crippen LogP contribution in [0.1, 0.15) is 12.7 Å². The fourth-order valence-corrected chi connectivity index (χ4v) is 1.22. The summed E-state index contributed by atoms with van der Waals surface area (Å²) in [5, 5.41) is 20.7. The molecule has 0 bridgehead atoms. The Hall–Kier alpha value is -0.910. The lowest BCUT2D eigenvalue weighted by atomic mass is 10.3. The molecule has 0 aliphatic carbocycles. The van der Waals surface area contributed by atoms with Crippen LogP contribution in [0.3, 0.4) is 0 Å². The van der Waals surface area contributed by atoms with Crippen LogP contribution in [0.5, 0.6) is 0 Å². The molecule has 0 spiro atoms. The Kier molecular flexibility index (Phi) is 4.58. The maximum absolute atomic E-state index is 8.83. The maximum Gasteiger partial charge on any atom is 0.122 e. The first-order chi connectivity index (χ1) is 6.81. The molecule has 0 atom stereocenters. The predicted molar refractivity (Wildman–Crippen MR) is 52.7 cm³/mol. The van der Waals surface area contributed by atoms with Crippen LogP contribution in [0.25, 0.3) is 0 Å². The number of aliphatic hydroxyl groups is 2. The predicted octanol–water partition coefficient (Wildman–Crippen LogP) is -0.654. The Labute approximate surface area is 83.4 Å². The SMILES string of the molecule is CCn1ccnc1CNC(CO)CO. The Morgan fingerprint density at radius 2 is 2.21 bits per heavy atom. The van der Waals surface area contributed by atoms with Gasteiger partial charge in [-0.2, -0.15) is 0 Å². The summed E-state index contributed by atoms with van der Waals surface area (Å²) in [4.78, 5) is 4.16. The van der Waals surface area contributed by atoms with Gasteiger partial charge in [-0.15, -0.1) is 0 Å². The van der Waals surface area contributed by atoms with Gasteiger partial charge in [0, 0.05) is 18.9 Å². The van der Waals surface area contributed by atoms with E-state index in [4.69, 9.17) is 10.2 Å². The largest absolute Gasteiger partial charge is 0.395 e. The molecule has 0 aliphatic heterocycles. The number of rotatable bonds is 6. The molecule has 0 fully saturated rings. The monoisotopic (exact) mass is 199 g/mol. The summed E-state index contributed by atoms with van der Waals surface area (Å²) >= 11 is 0. The molecule has 14 heavy (non-hydrogen) atoms. The third kappa shape index (κ3) is 2.80. The molecular weight excluding hydrogens is 182 g/mol. The molecule has 0 amide bonds. The summed E-state index contributed by atoms with van der Waals surface area (Å²) in [6.45, 7) is 3.35. The van der Waals surface area contributed by atoms with Crippen molar-refractivity contribution in [1.82, 2.24) is 14.9 Å². The average Bonchev–Trinajstić information content (AvgIpc) is 2.67. The molecular formula is C9H17N3O2. The molecule has 0 saturated carbocycles. The van der Waals surface area contributed by atoms with Gasteiger partial charge in [-0.1, -0.05) is 0 Å². The van der Waals surface area contributed by atoms with Gasteiger partial charge in [-0.3, -0.25) is 0 Å². The second-order valence-electron chi connectivity index (χ2n) is 3.07. The van der Waals surface area contributed by atoms with Crippen LogP contribution in [0.2, 0.25) is 0 Å². The van der Waals surface area contributed by atoms with E-state index in [0.29, 0.717) is 6.54 Å². The van der Waals surface area contributed by atoms with E-state index in [1.54, 1.807) is 6.20 Å². The molecule has 0 saturated heterocycles. The third-order valence-electron chi connectivity index (χ3n) is 2.13. The molecule has 1 aromatic heterocycles. The standard InChI is InChI=1S/C9H17N3O2/c1-2-12-4-3-10-9(12)5-11-8(6-13)7-14/h3-4,8,11,13-14H,2,5-7H2,1H3. The van der Waals surface area contributed by atoms with Crippen LogP contribution in [-0.4, -0.2) is 39.0 Å². The summed E-state index contributed by atoms with van der Waals surface area (Å²) < 4.78 is 2.01. The summed E-state index contributed by atoms with van der Waals surface area (Å²) in [7, 11) is 0. The van der Waals surface area contributed by atoms with Crippen molar-refractivity contribution in [2.75, 3.05) is 13.2 Å². The zero-order valence-corrected chi connectivity index (χ0v) is 8.35. The van der Waals surface area contributed by atoms with Gasteiger partial charge < -0.3 is 20.1 Å². The van der Waals surface area contributed by atoms with Gasteiger partial charge in [0.25, 0.3) is 0 Å². The third-order valence-corrected chi connectivity index (χ3v) is 2.13. The highest BCUT2D eigenvalue weighted by Crippen LogP contribution is 1.97. The molecule has 5 heteroatoms. The molecule has 3 N–H and O–H groups in total. The van der Waals surface area contributed by atoms with Crippen LogP contribution in [-0.2, 0) is 13.1 Å². The lowest BCUT2D eigenvalue weighted by molar-refractivity contribution is 0.169. The minimum absolute atomic E-state index is 0.0661. The number of aliphatic hydroxyl groups excluding tert-OH is 2. The van der Waals surface area contributed by atoms with Crippen molar-refractivity contribution in [2.45, 2.75) is 26.1 Å². The highest BCUT2D eigenvalue weighted by atomic mass is 16.3. The molecule has 0 radical (unpaired) electrons. The summed E-state index contributed by atoms with van der Waals surface area (Å²) in [5.74, 6) is 0.916. The lowest BCUT2D eigenvalue weighted by Crippen LogP contribution is -2.35. The van der Waals surface area contributed by atoms with Crippen molar-refractivity contribution < 1.29 is 10.2 Å². The molecule has 5 nitrogen and oxygen atoms in total. The maximum atomic E-state index is 8.83. The summed E-state index contributed by atoms with van der Waals surface area (Å²) in [5.41, 5.74) is 0. The minimum atomic E-state index is -0.267. The highest BCUT2D eigenvalue weighted by Gasteiger charge is 2.06. The Bertz CT molecular complexity index is 258. The number of aromatic nitrogens is 2. The molecule has 0 aliphatic rings. The van der Waals surface area contributed by atoms with E-state index in [1.165, 1.54) is 0 Å². The fourth-order valence-electron chi connectivity index (χ4n) is 1.22.